The molecule has 0 spiro atoms. The zero-order chi connectivity index (χ0) is 18.9. The fourth-order valence-electron chi connectivity index (χ4n) is 3.57. The van der Waals surface area contributed by atoms with Crippen LogP contribution >= 0.6 is 0 Å². The summed E-state index contributed by atoms with van der Waals surface area (Å²) in [6.07, 6.45) is 5.33. The average Bonchev–Trinajstić information content (AvgIpc) is 2.69. The van der Waals surface area contributed by atoms with Crippen molar-refractivity contribution >= 4 is 32.3 Å². The number of pyridine rings is 1. The molecule has 0 amide bonds. The molecule has 1 aromatic heterocycles. The Morgan fingerprint density at radius 1 is 0.963 bits per heavy atom. The van der Waals surface area contributed by atoms with Gasteiger partial charge in [-0.05, 0) is 62.6 Å². The van der Waals surface area contributed by atoms with Gasteiger partial charge in [0.05, 0.1) is 16.1 Å². The van der Waals surface area contributed by atoms with Crippen molar-refractivity contribution in [2.24, 2.45) is 0 Å². The monoisotopic (exact) mass is 381 g/mol. The van der Waals surface area contributed by atoms with Crippen LogP contribution in [-0.2, 0) is 10.0 Å². The molecule has 0 bridgehead atoms. The Bertz CT molecular complexity index is 1060. The third-order valence-electron chi connectivity index (χ3n) is 5.02. The largest absolute Gasteiger partial charge is 0.371 e. The van der Waals surface area contributed by atoms with Gasteiger partial charge in [0.2, 0.25) is 0 Å². The van der Waals surface area contributed by atoms with Crippen LogP contribution in [-0.4, -0.2) is 26.5 Å². The summed E-state index contributed by atoms with van der Waals surface area (Å²) < 4.78 is 28.3. The molecule has 1 N–H and O–H groups in total. The number of anilines is 2. The van der Waals surface area contributed by atoms with Crippen LogP contribution in [0.25, 0.3) is 10.9 Å². The van der Waals surface area contributed by atoms with Gasteiger partial charge in [-0.25, -0.2) is 8.42 Å². The zero-order valence-electron chi connectivity index (χ0n) is 15.4. The van der Waals surface area contributed by atoms with Crippen LogP contribution < -0.4 is 9.62 Å². The van der Waals surface area contributed by atoms with Crippen LogP contribution in [0.5, 0.6) is 0 Å². The first kappa shape index (κ1) is 17.8. The SMILES string of the molecule is Cc1ccc(S(=O)(=O)Nc2ccc(N3CCCCC3)c3cccnc23)cc1. The first-order valence-corrected chi connectivity index (χ1v) is 10.8. The lowest BCUT2D eigenvalue weighted by atomic mass is 10.1. The van der Waals surface area contributed by atoms with Crippen LogP contribution in [0.4, 0.5) is 11.4 Å². The number of nitrogens with zero attached hydrogens (tertiary/aromatic N) is 2. The highest BCUT2D eigenvalue weighted by Crippen LogP contribution is 2.33. The maximum absolute atomic E-state index is 12.8. The first-order chi connectivity index (χ1) is 13.0. The lowest BCUT2D eigenvalue weighted by Crippen LogP contribution is -2.29. The maximum Gasteiger partial charge on any atom is 0.261 e. The quantitative estimate of drug-likeness (QED) is 0.730. The fourth-order valence-corrected chi connectivity index (χ4v) is 4.64. The van der Waals surface area contributed by atoms with E-state index in [-0.39, 0.29) is 4.90 Å². The highest BCUT2D eigenvalue weighted by molar-refractivity contribution is 7.92. The number of hydrogen-bond acceptors (Lipinski definition) is 4. The molecular weight excluding hydrogens is 358 g/mol. The number of rotatable bonds is 4. The molecule has 5 nitrogen and oxygen atoms in total. The van der Waals surface area contributed by atoms with Crippen LogP contribution in [0.1, 0.15) is 24.8 Å². The molecule has 0 atom stereocenters. The van der Waals surface area contributed by atoms with Crippen LogP contribution in [0.3, 0.4) is 0 Å². The summed E-state index contributed by atoms with van der Waals surface area (Å²) in [4.78, 5) is 7.09. The molecule has 0 aliphatic carbocycles. The molecule has 1 fully saturated rings. The number of aryl methyl sites for hydroxylation is 1. The Morgan fingerprint density at radius 2 is 1.70 bits per heavy atom. The van der Waals surface area contributed by atoms with Gasteiger partial charge in [0.25, 0.3) is 10.0 Å². The molecule has 3 aromatic rings. The normalized spacial score (nSPS) is 15.1. The number of nitrogens with one attached hydrogen (secondary N) is 1. The second-order valence-electron chi connectivity index (χ2n) is 7.00. The second-order valence-corrected chi connectivity index (χ2v) is 8.68. The molecule has 2 heterocycles. The summed E-state index contributed by atoms with van der Waals surface area (Å²) in [5.74, 6) is 0. The van der Waals surface area contributed by atoms with E-state index in [2.05, 4.69) is 14.6 Å². The van der Waals surface area contributed by atoms with E-state index < -0.39 is 10.0 Å². The van der Waals surface area contributed by atoms with Gasteiger partial charge < -0.3 is 4.90 Å². The predicted molar refractivity (Wildman–Crippen MR) is 110 cm³/mol. The van der Waals surface area contributed by atoms with Gasteiger partial charge in [-0.1, -0.05) is 17.7 Å². The van der Waals surface area contributed by atoms with Gasteiger partial charge in [-0.3, -0.25) is 9.71 Å². The third-order valence-corrected chi connectivity index (χ3v) is 6.40. The molecule has 0 radical (unpaired) electrons. The van der Waals surface area contributed by atoms with Crippen molar-refractivity contribution in [3.05, 3.63) is 60.3 Å². The van der Waals surface area contributed by atoms with Crippen molar-refractivity contribution in [2.75, 3.05) is 22.7 Å². The van der Waals surface area contributed by atoms with Gasteiger partial charge in [-0.2, -0.15) is 0 Å². The number of sulfonamides is 1. The van der Waals surface area contributed by atoms with Gasteiger partial charge in [-0.15, -0.1) is 0 Å². The second kappa shape index (κ2) is 7.19. The van der Waals surface area contributed by atoms with Crippen molar-refractivity contribution in [3.8, 4) is 0 Å². The summed E-state index contributed by atoms with van der Waals surface area (Å²) in [7, 11) is -3.66. The van der Waals surface area contributed by atoms with E-state index >= 15 is 0 Å². The zero-order valence-corrected chi connectivity index (χ0v) is 16.2. The van der Waals surface area contributed by atoms with Gasteiger partial charge in [0, 0.05) is 30.4 Å². The van der Waals surface area contributed by atoms with Crippen molar-refractivity contribution in [1.82, 2.24) is 4.98 Å². The molecule has 2 aromatic carbocycles. The summed E-state index contributed by atoms with van der Waals surface area (Å²) >= 11 is 0. The summed E-state index contributed by atoms with van der Waals surface area (Å²) in [6, 6.07) is 14.6. The van der Waals surface area contributed by atoms with Crippen molar-refractivity contribution in [3.63, 3.8) is 0 Å². The lowest BCUT2D eigenvalue weighted by Gasteiger charge is -2.30. The van der Waals surface area contributed by atoms with E-state index in [1.807, 2.05) is 31.2 Å². The van der Waals surface area contributed by atoms with E-state index in [1.54, 1.807) is 30.5 Å². The topological polar surface area (TPSA) is 62.3 Å². The van der Waals surface area contributed by atoms with E-state index in [1.165, 1.54) is 19.3 Å². The molecule has 1 aliphatic rings. The fraction of sp³-hybridized carbons (Fsp3) is 0.286. The molecule has 1 saturated heterocycles. The van der Waals surface area contributed by atoms with Crippen LogP contribution in [0, 0.1) is 6.92 Å². The number of benzene rings is 2. The predicted octanol–water partition coefficient (Wildman–Crippen LogP) is 4.33. The molecule has 0 saturated carbocycles. The number of piperidine rings is 1. The molecule has 0 unspecified atom stereocenters. The highest BCUT2D eigenvalue weighted by atomic mass is 32.2. The Kier molecular flexibility index (Phi) is 4.74. The summed E-state index contributed by atoms with van der Waals surface area (Å²) in [6.45, 7) is 3.98. The molecular formula is C21H23N3O2S. The minimum atomic E-state index is -3.66. The number of aromatic nitrogens is 1. The van der Waals surface area contributed by atoms with Crippen LogP contribution in [0.2, 0.25) is 0 Å². The standard InChI is InChI=1S/C21H23N3O2S/c1-16-7-9-17(10-8-16)27(25,26)23-19-11-12-20(24-14-3-2-4-15-24)18-6-5-13-22-21(18)19/h5-13,23H,2-4,14-15H2,1H3. The van der Waals surface area contributed by atoms with Gasteiger partial charge in [0.15, 0.2) is 0 Å². The van der Waals surface area contributed by atoms with Crippen molar-refractivity contribution in [1.29, 1.82) is 0 Å². The maximum atomic E-state index is 12.8. The number of hydrogen-bond donors (Lipinski definition) is 1. The smallest absolute Gasteiger partial charge is 0.261 e. The Hall–Kier alpha value is -2.60. The Labute approximate surface area is 160 Å². The highest BCUT2D eigenvalue weighted by Gasteiger charge is 2.19. The van der Waals surface area contributed by atoms with Gasteiger partial charge >= 0.3 is 0 Å². The van der Waals surface area contributed by atoms with E-state index in [4.69, 9.17) is 0 Å². The molecule has 27 heavy (non-hydrogen) atoms. The molecule has 6 heteroatoms. The molecule has 140 valence electrons. The van der Waals surface area contributed by atoms with Crippen LogP contribution in [0.15, 0.2) is 59.6 Å². The third kappa shape index (κ3) is 3.62. The lowest BCUT2D eigenvalue weighted by molar-refractivity contribution is 0.579. The minimum Gasteiger partial charge on any atom is -0.371 e. The summed E-state index contributed by atoms with van der Waals surface area (Å²) in [5, 5.41) is 0.975. The van der Waals surface area contributed by atoms with Crippen molar-refractivity contribution in [2.45, 2.75) is 31.1 Å². The number of fused-ring (bicyclic) bond motifs is 1. The average molecular weight is 382 g/mol. The molecule has 1 aliphatic heterocycles. The van der Waals surface area contributed by atoms with E-state index in [9.17, 15) is 8.42 Å². The van der Waals surface area contributed by atoms with E-state index in [0.717, 1.165) is 29.7 Å². The summed E-state index contributed by atoms with van der Waals surface area (Å²) in [5.41, 5.74) is 3.33. The minimum absolute atomic E-state index is 0.247. The Morgan fingerprint density at radius 3 is 2.44 bits per heavy atom. The first-order valence-electron chi connectivity index (χ1n) is 9.27. The van der Waals surface area contributed by atoms with E-state index in [0.29, 0.717) is 11.2 Å². The molecule has 4 rings (SSSR count). The van der Waals surface area contributed by atoms with Crippen molar-refractivity contribution < 1.29 is 8.42 Å². The Balaban J connectivity index is 1.73. The van der Waals surface area contributed by atoms with Gasteiger partial charge in [0.1, 0.15) is 0 Å².